The molecule has 0 bridgehead atoms. The van der Waals surface area contributed by atoms with Gasteiger partial charge >= 0.3 is 0 Å². The predicted octanol–water partition coefficient (Wildman–Crippen LogP) is 1.88. The molecule has 0 atom stereocenters. The lowest BCUT2D eigenvalue weighted by atomic mass is 10.2. The molecule has 0 saturated carbocycles. The highest BCUT2D eigenvalue weighted by atomic mass is 16.5. The van der Waals surface area contributed by atoms with E-state index in [4.69, 9.17) is 4.74 Å². The summed E-state index contributed by atoms with van der Waals surface area (Å²) in [5, 5.41) is 4.12. The van der Waals surface area contributed by atoms with Crippen LogP contribution in [0.1, 0.15) is 17.0 Å². The van der Waals surface area contributed by atoms with Crippen molar-refractivity contribution >= 4 is 12.1 Å². The lowest BCUT2D eigenvalue weighted by Gasteiger charge is -2.25. The third-order valence-corrected chi connectivity index (χ3v) is 4.35. The zero-order valence-electron chi connectivity index (χ0n) is 14.7. The minimum atomic E-state index is -0.102. The van der Waals surface area contributed by atoms with Crippen molar-refractivity contribution in [2.75, 3.05) is 32.8 Å². The van der Waals surface area contributed by atoms with Crippen molar-refractivity contribution in [2.45, 2.75) is 13.8 Å². The second kappa shape index (κ2) is 8.09. The van der Waals surface area contributed by atoms with E-state index in [1.165, 1.54) is 0 Å². The third-order valence-electron chi connectivity index (χ3n) is 4.35. The summed E-state index contributed by atoms with van der Waals surface area (Å²) in [6.07, 6.45) is 1.71. The fraction of sp³-hybridized carbons (Fsp3) is 0.368. The molecule has 1 fully saturated rings. The lowest BCUT2D eigenvalue weighted by molar-refractivity contribution is -0.123. The summed E-state index contributed by atoms with van der Waals surface area (Å²) in [6, 6.07) is 12.3. The van der Waals surface area contributed by atoms with Gasteiger partial charge in [-0.05, 0) is 32.0 Å². The van der Waals surface area contributed by atoms with Gasteiger partial charge in [0.05, 0.1) is 26.0 Å². The number of hydrogen-bond donors (Lipinski definition) is 1. The Kier molecular flexibility index (Phi) is 5.63. The first-order valence-electron chi connectivity index (χ1n) is 8.51. The standard InChI is InChI=1S/C19H24N4O2/c1-15-12-17(16(2)23(15)18-6-4-3-5-7-18)13-20-21-19(24)14-22-8-10-25-11-9-22/h3-7,12-13H,8-11,14H2,1-2H3,(H,21,24)/b20-13+. The Hall–Kier alpha value is -2.44. The molecule has 3 rings (SSSR count). The predicted molar refractivity (Wildman–Crippen MR) is 98.2 cm³/mol. The molecule has 1 aromatic heterocycles. The van der Waals surface area contributed by atoms with E-state index in [2.05, 4.69) is 52.0 Å². The molecule has 2 aromatic rings. The van der Waals surface area contributed by atoms with Crippen molar-refractivity contribution < 1.29 is 9.53 Å². The minimum absolute atomic E-state index is 0.102. The van der Waals surface area contributed by atoms with E-state index in [9.17, 15) is 4.79 Å². The van der Waals surface area contributed by atoms with Gasteiger partial charge in [0.2, 0.25) is 0 Å². The normalized spacial score (nSPS) is 15.6. The molecule has 0 spiro atoms. The number of rotatable bonds is 5. The zero-order valence-corrected chi connectivity index (χ0v) is 14.7. The summed E-state index contributed by atoms with van der Waals surface area (Å²) < 4.78 is 7.46. The number of benzene rings is 1. The zero-order chi connectivity index (χ0) is 17.6. The Balaban J connectivity index is 1.63. The van der Waals surface area contributed by atoms with Gasteiger partial charge in [-0.2, -0.15) is 5.10 Å². The van der Waals surface area contributed by atoms with E-state index >= 15 is 0 Å². The SMILES string of the molecule is Cc1cc(/C=N/NC(=O)CN2CCOCC2)c(C)n1-c1ccccc1. The fourth-order valence-electron chi connectivity index (χ4n) is 3.06. The first-order valence-corrected chi connectivity index (χ1v) is 8.51. The first kappa shape index (κ1) is 17.4. The van der Waals surface area contributed by atoms with E-state index in [0.29, 0.717) is 19.8 Å². The number of carbonyl (C=O) groups is 1. The Morgan fingerprint density at radius 2 is 1.96 bits per heavy atom. The Bertz CT molecular complexity index is 746. The topological polar surface area (TPSA) is 58.9 Å². The number of para-hydroxylation sites is 1. The summed E-state index contributed by atoms with van der Waals surface area (Å²) >= 11 is 0. The van der Waals surface area contributed by atoms with Crippen LogP contribution in [0.4, 0.5) is 0 Å². The number of aryl methyl sites for hydroxylation is 1. The van der Waals surface area contributed by atoms with Crippen LogP contribution in [0.5, 0.6) is 0 Å². The second-order valence-corrected chi connectivity index (χ2v) is 6.18. The average Bonchev–Trinajstić information content (AvgIpc) is 2.90. The van der Waals surface area contributed by atoms with Crippen LogP contribution < -0.4 is 5.43 Å². The average molecular weight is 340 g/mol. The Labute approximate surface area is 148 Å². The number of nitrogens with zero attached hydrogens (tertiary/aromatic N) is 3. The van der Waals surface area contributed by atoms with Crippen molar-refractivity contribution in [1.29, 1.82) is 0 Å². The third kappa shape index (κ3) is 4.35. The molecule has 1 aliphatic heterocycles. The molecule has 0 unspecified atom stereocenters. The number of amides is 1. The highest BCUT2D eigenvalue weighted by Crippen LogP contribution is 2.19. The number of nitrogens with one attached hydrogen (secondary N) is 1. The first-order chi connectivity index (χ1) is 12.1. The number of morpholine rings is 1. The summed E-state index contributed by atoms with van der Waals surface area (Å²) in [6.45, 7) is 7.41. The molecule has 1 aromatic carbocycles. The quantitative estimate of drug-likeness (QED) is 0.668. The maximum Gasteiger partial charge on any atom is 0.254 e. The molecule has 1 N–H and O–H groups in total. The van der Waals surface area contributed by atoms with Gasteiger partial charge in [-0.1, -0.05) is 18.2 Å². The van der Waals surface area contributed by atoms with Crippen LogP contribution in [0.25, 0.3) is 5.69 Å². The molecule has 1 saturated heterocycles. The van der Waals surface area contributed by atoms with Crippen LogP contribution in [0.3, 0.4) is 0 Å². The van der Waals surface area contributed by atoms with Crippen LogP contribution in [0.15, 0.2) is 41.5 Å². The minimum Gasteiger partial charge on any atom is -0.379 e. The maximum atomic E-state index is 12.0. The van der Waals surface area contributed by atoms with E-state index in [0.717, 1.165) is 35.7 Å². The highest BCUT2D eigenvalue weighted by Gasteiger charge is 2.13. The molecule has 1 aliphatic rings. The van der Waals surface area contributed by atoms with Crippen molar-refractivity contribution in [1.82, 2.24) is 14.9 Å². The van der Waals surface area contributed by atoms with Gasteiger partial charge in [0, 0.05) is 35.7 Å². The van der Waals surface area contributed by atoms with Crippen molar-refractivity contribution in [2.24, 2.45) is 5.10 Å². The molecular weight excluding hydrogens is 316 g/mol. The summed E-state index contributed by atoms with van der Waals surface area (Å²) in [4.78, 5) is 14.0. The second-order valence-electron chi connectivity index (χ2n) is 6.18. The van der Waals surface area contributed by atoms with Crippen molar-refractivity contribution in [3.63, 3.8) is 0 Å². The van der Waals surface area contributed by atoms with Gasteiger partial charge in [0.25, 0.3) is 5.91 Å². The smallest absolute Gasteiger partial charge is 0.254 e. The van der Waals surface area contributed by atoms with E-state index in [1.54, 1.807) is 6.21 Å². The van der Waals surface area contributed by atoms with E-state index in [-0.39, 0.29) is 5.91 Å². The molecule has 1 amide bonds. The van der Waals surface area contributed by atoms with Crippen LogP contribution in [0, 0.1) is 13.8 Å². The number of hydrogen-bond acceptors (Lipinski definition) is 4. The molecule has 0 aliphatic carbocycles. The molecule has 132 valence electrons. The van der Waals surface area contributed by atoms with E-state index < -0.39 is 0 Å². The number of ether oxygens (including phenoxy) is 1. The number of carbonyl (C=O) groups excluding carboxylic acids is 1. The van der Waals surface area contributed by atoms with Gasteiger partial charge in [0.15, 0.2) is 0 Å². The molecule has 25 heavy (non-hydrogen) atoms. The maximum absolute atomic E-state index is 12.0. The van der Waals surface area contributed by atoms with Crippen LogP contribution in [-0.2, 0) is 9.53 Å². The summed E-state index contributed by atoms with van der Waals surface area (Å²) in [7, 11) is 0. The van der Waals surface area contributed by atoms with Gasteiger partial charge in [-0.15, -0.1) is 0 Å². The molecular formula is C19H24N4O2. The van der Waals surface area contributed by atoms with Crippen molar-refractivity contribution in [3.8, 4) is 5.69 Å². The summed E-state index contributed by atoms with van der Waals surface area (Å²) in [5.41, 5.74) is 6.95. The fourth-order valence-corrected chi connectivity index (χ4v) is 3.06. The molecule has 6 nitrogen and oxygen atoms in total. The van der Waals surface area contributed by atoms with Gasteiger partial charge in [-0.3, -0.25) is 9.69 Å². The number of hydrazone groups is 1. The Morgan fingerprint density at radius 1 is 1.24 bits per heavy atom. The Morgan fingerprint density at radius 3 is 2.68 bits per heavy atom. The highest BCUT2D eigenvalue weighted by molar-refractivity contribution is 5.84. The van der Waals surface area contributed by atoms with Gasteiger partial charge < -0.3 is 9.30 Å². The summed E-state index contributed by atoms with van der Waals surface area (Å²) in [5.74, 6) is -0.102. The van der Waals surface area contributed by atoms with E-state index in [1.807, 2.05) is 18.2 Å². The largest absolute Gasteiger partial charge is 0.379 e. The van der Waals surface area contributed by atoms with Crippen LogP contribution >= 0.6 is 0 Å². The monoisotopic (exact) mass is 340 g/mol. The lowest BCUT2D eigenvalue weighted by Crippen LogP contribution is -2.42. The number of aromatic nitrogens is 1. The molecule has 0 radical (unpaired) electrons. The molecule has 2 heterocycles. The van der Waals surface area contributed by atoms with Crippen LogP contribution in [-0.4, -0.2) is 54.4 Å². The van der Waals surface area contributed by atoms with Gasteiger partial charge in [-0.25, -0.2) is 5.43 Å². The van der Waals surface area contributed by atoms with Gasteiger partial charge in [0.1, 0.15) is 0 Å². The van der Waals surface area contributed by atoms with Crippen molar-refractivity contribution in [3.05, 3.63) is 53.3 Å². The molecule has 6 heteroatoms. The van der Waals surface area contributed by atoms with Crippen LogP contribution in [0.2, 0.25) is 0 Å².